The molecule has 1 aromatic heterocycles. The van der Waals surface area contributed by atoms with Gasteiger partial charge in [-0.2, -0.15) is 0 Å². The van der Waals surface area contributed by atoms with Crippen molar-refractivity contribution in [2.45, 2.75) is 44.8 Å². The number of H-pyrrole nitrogens is 1. The van der Waals surface area contributed by atoms with Gasteiger partial charge in [0.2, 0.25) is 0 Å². The highest BCUT2D eigenvalue weighted by atomic mass is 32.1. The summed E-state index contributed by atoms with van der Waals surface area (Å²) >= 11 is 1.26. The van der Waals surface area contributed by atoms with Crippen LogP contribution in [0.2, 0.25) is 0 Å². The van der Waals surface area contributed by atoms with E-state index in [1.54, 1.807) is 0 Å². The summed E-state index contributed by atoms with van der Waals surface area (Å²) in [4.78, 5) is 16.7. The van der Waals surface area contributed by atoms with Gasteiger partial charge in [-0.25, -0.2) is 0 Å². The fourth-order valence-corrected chi connectivity index (χ4v) is 3.53. The first-order valence-corrected chi connectivity index (χ1v) is 7.60. The summed E-state index contributed by atoms with van der Waals surface area (Å²) in [5.41, 5.74) is 1.32. The average Bonchev–Trinajstić information content (AvgIpc) is 3.10. The van der Waals surface area contributed by atoms with Gasteiger partial charge in [0, 0.05) is 42.3 Å². The van der Waals surface area contributed by atoms with Crippen molar-refractivity contribution < 1.29 is 0 Å². The summed E-state index contributed by atoms with van der Waals surface area (Å²) in [6, 6.07) is 0.528. The lowest BCUT2D eigenvalue weighted by Crippen LogP contribution is -2.62. The highest BCUT2D eigenvalue weighted by molar-refractivity contribution is 7.07. The molecule has 2 atom stereocenters. The Morgan fingerprint density at radius 1 is 1.56 bits per heavy atom. The minimum Gasteiger partial charge on any atom is -0.315 e. The summed E-state index contributed by atoms with van der Waals surface area (Å²) in [7, 11) is 0. The van der Waals surface area contributed by atoms with Gasteiger partial charge in [-0.15, -0.1) is 0 Å². The fourth-order valence-electron chi connectivity index (χ4n) is 2.96. The van der Waals surface area contributed by atoms with Gasteiger partial charge in [0.1, 0.15) is 0 Å². The summed E-state index contributed by atoms with van der Waals surface area (Å²) in [5, 5.41) is 5.67. The van der Waals surface area contributed by atoms with Crippen LogP contribution < -0.4 is 10.2 Å². The molecule has 5 heteroatoms. The van der Waals surface area contributed by atoms with E-state index >= 15 is 0 Å². The van der Waals surface area contributed by atoms with Crippen LogP contribution in [0.25, 0.3) is 0 Å². The predicted molar refractivity (Wildman–Crippen MR) is 73.9 cm³/mol. The summed E-state index contributed by atoms with van der Waals surface area (Å²) in [5.74, 6) is 0.842. The largest absolute Gasteiger partial charge is 0.315 e. The number of piperazine rings is 1. The molecule has 2 aliphatic rings. The molecule has 0 aromatic carbocycles. The lowest BCUT2D eigenvalue weighted by molar-refractivity contribution is 0.0761. The summed E-state index contributed by atoms with van der Waals surface area (Å²) in [6.07, 6.45) is 2.72. The number of thiazole rings is 1. The first kappa shape index (κ1) is 12.4. The van der Waals surface area contributed by atoms with E-state index in [0.717, 1.165) is 31.2 Å². The molecule has 2 fully saturated rings. The van der Waals surface area contributed by atoms with Crippen LogP contribution in [0.15, 0.2) is 10.2 Å². The molecule has 1 aliphatic carbocycles. The zero-order valence-corrected chi connectivity index (χ0v) is 11.8. The third kappa shape index (κ3) is 2.39. The van der Waals surface area contributed by atoms with Crippen molar-refractivity contribution in [2.24, 2.45) is 5.92 Å². The molecular weight excluding hydrogens is 246 g/mol. The summed E-state index contributed by atoms with van der Waals surface area (Å²) in [6.45, 7) is 7.59. The number of nitrogens with one attached hydrogen (secondary N) is 2. The molecule has 2 heterocycles. The quantitative estimate of drug-likeness (QED) is 0.870. The number of hydrogen-bond donors (Lipinski definition) is 2. The Morgan fingerprint density at radius 2 is 2.33 bits per heavy atom. The second-order valence-electron chi connectivity index (χ2n) is 6.00. The number of hydrogen-bond acceptors (Lipinski definition) is 4. The topological polar surface area (TPSA) is 48.1 Å². The van der Waals surface area contributed by atoms with E-state index in [2.05, 4.69) is 29.0 Å². The molecule has 2 unspecified atom stereocenters. The monoisotopic (exact) mass is 267 g/mol. The third-order valence-electron chi connectivity index (χ3n) is 4.38. The standard InChI is InChI=1S/C13H21N3OS/c1-9-5-14-13(2,10-3-4-10)8-16(9)6-11-7-18-12(17)15-11/h7,9-10,14H,3-6,8H2,1-2H3,(H,15,17). The Bertz CT molecular complexity index is 479. The number of aromatic nitrogens is 1. The van der Waals surface area contributed by atoms with Crippen molar-refractivity contribution >= 4 is 11.3 Å². The van der Waals surface area contributed by atoms with Crippen molar-refractivity contribution in [3.63, 3.8) is 0 Å². The molecule has 0 amide bonds. The normalized spacial score (nSPS) is 33.8. The molecule has 0 radical (unpaired) electrons. The first-order valence-electron chi connectivity index (χ1n) is 6.72. The van der Waals surface area contributed by atoms with Gasteiger partial charge in [0.25, 0.3) is 0 Å². The Hall–Kier alpha value is -0.650. The Balaban J connectivity index is 1.71. The van der Waals surface area contributed by atoms with E-state index < -0.39 is 0 Å². The van der Waals surface area contributed by atoms with E-state index in [1.165, 1.54) is 24.2 Å². The van der Waals surface area contributed by atoms with Crippen molar-refractivity contribution in [1.29, 1.82) is 0 Å². The van der Waals surface area contributed by atoms with Crippen molar-refractivity contribution in [1.82, 2.24) is 15.2 Å². The number of rotatable bonds is 3. The molecule has 100 valence electrons. The Labute approximate surface area is 111 Å². The summed E-state index contributed by atoms with van der Waals surface area (Å²) < 4.78 is 0. The van der Waals surface area contributed by atoms with Gasteiger partial charge in [-0.1, -0.05) is 11.3 Å². The highest BCUT2D eigenvalue weighted by Gasteiger charge is 2.45. The molecule has 2 N–H and O–H groups in total. The predicted octanol–water partition coefficient (Wildman–Crippen LogP) is 1.40. The van der Waals surface area contributed by atoms with Crippen LogP contribution >= 0.6 is 11.3 Å². The fraction of sp³-hybridized carbons (Fsp3) is 0.769. The molecule has 1 saturated heterocycles. The molecule has 1 aliphatic heterocycles. The van der Waals surface area contributed by atoms with Crippen LogP contribution in [0.1, 0.15) is 32.4 Å². The van der Waals surface area contributed by atoms with Gasteiger partial charge in [0.15, 0.2) is 0 Å². The minimum atomic E-state index is 0.0535. The lowest BCUT2D eigenvalue weighted by Gasteiger charge is -2.45. The van der Waals surface area contributed by atoms with Crippen molar-refractivity contribution in [3.05, 3.63) is 20.7 Å². The molecule has 0 bridgehead atoms. The molecule has 4 nitrogen and oxygen atoms in total. The van der Waals surface area contributed by atoms with E-state index in [1.807, 2.05) is 5.38 Å². The van der Waals surface area contributed by atoms with Crippen LogP contribution in [-0.2, 0) is 6.54 Å². The molecule has 18 heavy (non-hydrogen) atoms. The van der Waals surface area contributed by atoms with Crippen LogP contribution in [0, 0.1) is 5.92 Å². The van der Waals surface area contributed by atoms with E-state index in [4.69, 9.17) is 0 Å². The smallest absolute Gasteiger partial charge is 0.304 e. The maximum Gasteiger partial charge on any atom is 0.304 e. The first-order chi connectivity index (χ1) is 8.57. The van der Waals surface area contributed by atoms with E-state index in [0.29, 0.717) is 6.04 Å². The third-order valence-corrected chi connectivity index (χ3v) is 5.10. The molecule has 0 spiro atoms. The minimum absolute atomic E-state index is 0.0535. The molecule has 3 rings (SSSR count). The van der Waals surface area contributed by atoms with Crippen molar-refractivity contribution in [2.75, 3.05) is 13.1 Å². The van der Waals surface area contributed by atoms with Gasteiger partial charge in [-0.3, -0.25) is 9.69 Å². The average molecular weight is 267 g/mol. The maximum absolute atomic E-state index is 11.2. The maximum atomic E-state index is 11.2. The SMILES string of the molecule is CC1CNC(C)(C2CC2)CN1Cc1csc(=O)[nH]1. The second kappa shape index (κ2) is 4.47. The zero-order chi connectivity index (χ0) is 12.8. The zero-order valence-electron chi connectivity index (χ0n) is 11.0. The van der Waals surface area contributed by atoms with E-state index in [9.17, 15) is 4.79 Å². The van der Waals surface area contributed by atoms with Crippen LogP contribution in [0.3, 0.4) is 0 Å². The molecule has 1 aromatic rings. The molecule has 1 saturated carbocycles. The second-order valence-corrected chi connectivity index (χ2v) is 6.84. The van der Waals surface area contributed by atoms with Gasteiger partial charge in [0.05, 0.1) is 0 Å². The Kier molecular flexibility index (Phi) is 3.08. The van der Waals surface area contributed by atoms with Crippen LogP contribution in [0.5, 0.6) is 0 Å². The van der Waals surface area contributed by atoms with Gasteiger partial charge in [-0.05, 0) is 32.6 Å². The molecular formula is C13H21N3OS. The number of nitrogens with zero attached hydrogens (tertiary/aromatic N) is 1. The lowest BCUT2D eigenvalue weighted by atomic mass is 9.91. The number of aromatic amines is 1. The highest BCUT2D eigenvalue weighted by Crippen LogP contribution is 2.41. The van der Waals surface area contributed by atoms with Gasteiger partial charge >= 0.3 is 4.87 Å². The van der Waals surface area contributed by atoms with E-state index in [-0.39, 0.29) is 10.4 Å². The Morgan fingerprint density at radius 3 is 2.94 bits per heavy atom. The van der Waals surface area contributed by atoms with Crippen LogP contribution in [-0.4, -0.2) is 34.6 Å². The van der Waals surface area contributed by atoms with Crippen molar-refractivity contribution in [3.8, 4) is 0 Å². The van der Waals surface area contributed by atoms with Crippen LogP contribution in [0.4, 0.5) is 0 Å². The van der Waals surface area contributed by atoms with Gasteiger partial charge < -0.3 is 10.3 Å².